The molecule has 37 heavy (non-hydrogen) atoms. The van der Waals surface area contributed by atoms with Gasteiger partial charge >= 0.3 is 0 Å². The molecule has 3 aromatic rings. The molecule has 6 nitrogen and oxygen atoms in total. The normalized spacial score (nSPS) is 11.9. The molecule has 0 radical (unpaired) electrons. The van der Waals surface area contributed by atoms with Crippen LogP contribution in [-0.4, -0.2) is 42.0 Å². The first-order valence-electron chi connectivity index (χ1n) is 12.7. The van der Waals surface area contributed by atoms with Gasteiger partial charge in [0, 0.05) is 24.9 Å². The highest BCUT2D eigenvalue weighted by Crippen LogP contribution is 2.19. The van der Waals surface area contributed by atoms with E-state index in [1.807, 2.05) is 106 Å². The number of hydrogen-bond acceptors (Lipinski definition) is 4. The van der Waals surface area contributed by atoms with Crippen molar-refractivity contribution in [2.75, 3.05) is 13.7 Å². The number of carbonyl (C=O) groups excluding carboxylic acids is 2. The Bertz CT molecular complexity index is 1110. The lowest BCUT2D eigenvalue weighted by molar-refractivity contribution is -0.142. The molecule has 0 saturated carbocycles. The fourth-order valence-corrected chi connectivity index (χ4v) is 4.02. The van der Waals surface area contributed by atoms with E-state index >= 15 is 0 Å². The molecule has 1 N–H and O–H groups in total. The van der Waals surface area contributed by atoms with E-state index in [0.29, 0.717) is 26.0 Å². The second kappa shape index (κ2) is 13.5. The Morgan fingerprint density at radius 3 is 1.97 bits per heavy atom. The minimum Gasteiger partial charge on any atom is -0.497 e. The van der Waals surface area contributed by atoms with Crippen molar-refractivity contribution >= 4 is 11.8 Å². The van der Waals surface area contributed by atoms with Gasteiger partial charge in [-0.2, -0.15) is 0 Å². The SMILES string of the molecule is COc1ccc(OCCCC(=O)N(Cc2ccccc2)C(Cc2ccccc2)C(=O)NC(C)(C)C)cc1. The summed E-state index contributed by atoms with van der Waals surface area (Å²) in [7, 11) is 1.62. The third kappa shape index (κ3) is 9.30. The summed E-state index contributed by atoms with van der Waals surface area (Å²) in [5.74, 6) is 1.25. The van der Waals surface area contributed by atoms with Gasteiger partial charge in [0.05, 0.1) is 13.7 Å². The van der Waals surface area contributed by atoms with Crippen LogP contribution < -0.4 is 14.8 Å². The third-order valence-corrected chi connectivity index (χ3v) is 5.83. The summed E-state index contributed by atoms with van der Waals surface area (Å²) >= 11 is 0. The second-order valence-corrected chi connectivity index (χ2v) is 10.1. The molecule has 0 aliphatic heterocycles. The molecule has 3 aromatic carbocycles. The Hall–Kier alpha value is -3.80. The lowest BCUT2D eigenvalue weighted by Crippen LogP contribution is -2.54. The standard InChI is InChI=1S/C31H38N2O4/c1-31(2,3)32-30(35)28(22-24-12-7-5-8-13-24)33(23-25-14-9-6-10-15-25)29(34)16-11-21-37-27-19-17-26(36-4)18-20-27/h5-10,12-15,17-20,28H,11,16,21-23H2,1-4H3,(H,32,35). The highest BCUT2D eigenvalue weighted by Gasteiger charge is 2.32. The maximum absolute atomic E-state index is 13.6. The van der Waals surface area contributed by atoms with Gasteiger partial charge in [0.2, 0.25) is 11.8 Å². The molecule has 6 heteroatoms. The molecular formula is C31H38N2O4. The number of benzene rings is 3. The zero-order valence-corrected chi connectivity index (χ0v) is 22.3. The second-order valence-electron chi connectivity index (χ2n) is 10.1. The van der Waals surface area contributed by atoms with Crippen molar-refractivity contribution in [1.29, 1.82) is 0 Å². The van der Waals surface area contributed by atoms with Crippen LogP contribution in [0.25, 0.3) is 0 Å². The summed E-state index contributed by atoms with van der Waals surface area (Å²) in [6.07, 6.45) is 1.25. The van der Waals surface area contributed by atoms with Gasteiger partial charge in [-0.15, -0.1) is 0 Å². The van der Waals surface area contributed by atoms with Crippen molar-refractivity contribution in [2.45, 2.75) is 58.2 Å². The highest BCUT2D eigenvalue weighted by atomic mass is 16.5. The number of amides is 2. The predicted octanol–water partition coefficient (Wildman–Crippen LogP) is 5.41. The van der Waals surface area contributed by atoms with Crippen LogP contribution in [0.1, 0.15) is 44.7 Å². The Morgan fingerprint density at radius 1 is 0.838 bits per heavy atom. The van der Waals surface area contributed by atoms with Gasteiger partial charge in [-0.25, -0.2) is 0 Å². The van der Waals surface area contributed by atoms with Gasteiger partial charge in [-0.3, -0.25) is 9.59 Å². The lowest BCUT2D eigenvalue weighted by atomic mass is 10.00. The minimum absolute atomic E-state index is 0.0767. The fraction of sp³-hybridized carbons (Fsp3) is 0.355. The van der Waals surface area contributed by atoms with Gasteiger partial charge < -0.3 is 19.7 Å². The summed E-state index contributed by atoms with van der Waals surface area (Å²) in [6, 6.07) is 26.4. The molecule has 0 fully saturated rings. The number of nitrogens with zero attached hydrogens (tertiary/aromatic N) is 1. The minimum atomic E-state index is -0.642. The molecule has 2 amide bonds. The molecule has 0 spiro atoms. The molecular weight excluding hydrogens is 464 g/mol. The summed E-state index contributed by atoms with van der Waals surface area (Å²) in [6.45, 7) is 6.60. The van der Waals surface area contributed by atoms with Crippen molar-refractivity contribution in [3.05, 3.63) is 96.1 Å². The zero-order chi connectivity index (χ0) is 26.7. The number of hydrogen-bond donors (Lipinski definition) is 1. The molecule has 0 aliphatic carbocycles. The first-order valence-corrected chi connectivity index (χ1v) is 12.7. The Morgan fingerprint density at radius 2 is 1.41 bits per heavy atom. The molecule has 0 bridgehead atoms. The van der Waals surface area contributed by atoms with E-state index in [0.717, 1.165) is 22.6 Å². The maximum Gasteiger partial charge on any atom is 0.243 e. The van der Waals surface area contributed by atoms with Crippen molar-refractivity contribution in [1.82, 2.24) is 10.2 Å². The summed E-state index contributed by atoms with van der Waals surface area (Å²) in [5, 5.41) is 3.09. The quantitative estimate of drug-likeness (QED) is 0.336. The van der Waals surface area contributed by atoms with Crippen molar-refractivity contribution in [3.8, 4) is 11.5 Å². The average Bonchev–Trinajstić information content (AvgIpc) is 2.89. The van der Waals surface area contributed by atoms with E-state index in [9.17, 15) is 9.59 Å². The summed E-state index contributed by atoms with van der Waals surface area (Å²) < 4.78 is 11.0. The van der Waals surface area contributed by atoms with Crippen LogP contribution in [0.15, 0.2) is 84.9 Å². The maximum atomic E-state index is 13.6. The van der Waals surface area contributed by atoms with Crippen LogP contribution in [-0.2, 0) is 22.6 Å². The monoisotopic (exact) mass is 502 g/mol. The van der Waals surface area contributed by atoms with Gasteiger partial charge in [0.1, 0.15) is 17.5 Å². The topological polar surface area (TPSA) is 67.9 Å². The van der Waals surface area contributed by atoms with E-state index in [4.69, 9.17) is 9.47 Å². The predicted molar refractivity (Wildman–Crippen MR) is 147 cm³/mol. The highest BCUT2D eigenvalue weighted by molar-refractivity contribution is 5.88. The smallest absolute Gasteiger partial charge is 0.243 e. The Balaban J connectivity index is 1.76. The van der Waals surface area contributed by atoms with Crippen LogP contribution in [0.5, 0.6) is 11.5 Å². The van der Waals surface area contributed by atoms with Crippen molar-refractivity contribution < 1.29 is 19.1 Å². The zero-order valence-electron chi connectivity index (χ0n) is 22.3. The summed E-state index contributed by atoms with van der Waals surface area (Å²) in [4.78, 5) is 28.9. The number of ether oxygens (including phenoxy) is 2. The number of nitrogens with one attached hydrogen (secondary N) is 1. The van der Waals surface area contributed by atoms with E-state index in [2.05, 4.69) is 5.32 Å². The number of methoxy groups -OCH3 is 1. The Kier molecular flexibility index (Phi) is 10.1. The van der Waals surface area contributed by atoms with E-state index in [-0.39, 0.29) is 18.2 Å². The van der Waals surface area contributed by atoms with Crippen LogP contribution in [0.3, 0.4) is 0 Å². The molecule has 0 aliphatic rings. The van der Waals surface area contributed by atoms with Crippen molar-refractivity contribution in [3.63, 3.8) is 0 Å². The average molecular weight is 503 g/mol. The van der Waals surface area contributed by atoms with E-state index < -0.39 is 11.6 Å². The first kappa shape index (κ1) is 27.8. The first-order chi connectivity index (χ1) is 17.7. The van der Waals surface area contributed by atoms with Gasteiger partial charge in [-0.1, -0.05) is 60.7 Å². The summed E-state index contributed by atoms with van der Waals surface area (Å²) in [5.41, 5.74) is 1.57. The molecule has 0 heterocycles. The lowest BCUT2D eigenvalue weighted by Gasteiger charge is -2.34. The van der Waals surface area contributed by atoms with Crippen molar-refractivity contribution in [2.24, 2.45) is 0 Å². The van der Waals surface area contributed by atoms with Gasteiger partial charge in [-0.05, 0) is 62.6 Å². The number of carbonyl (C=O) groups is 2. The van der Waals surface area contributed by atoms with Crippen LogP contribution in [0, 0.1) is 0 Å². The molecule has 1 unspecified atom stereocenters. The third-order valence-electron chi connectivity index (χ3n) is 5.83. The Labute approximate surface area is 220 Å². The molecule has 0 saturated heterocycles. The van der Waals surface area contributed by atoms with E-state index in [1.54, 1.807) is 12.0 Å². The molecule has 196 valence electrons. The fourth-order valence-electron chi connectivity index (χ4n) is 4.02. The molecule has 3 rings (SSSR count). The van der Waals surface area contributed by atoms with Crippen LogP contribution >= 0.6 is 0 Å². The van der Waals surface area contributed by atoms with Gasteiger partial charge in [0.25, 0.3) is 0 Å². The van der Waals surface area contributed by atoms with Crippen LogP contribution in [0.2, 0.25) is 0 Å². The number of rotatable bonds is 12. The van der Waals surface area contributed by atoms with Crippen LogP contribution in [0.4, 0.5) is 0 Å². The van der Waals surface area contributed by atoms with E-state index in [1.165, 1.54) is 0 Å². The molecule has 0 aromatic heterocycles. The molecule has 1 atom stereocenters. The largest absolute Gasteiger partial charge is 0.497 e. The van der Waals surface area contributed by atoms with Gasteiger partial charge in [0.15, 0.2) is 0 Å².